The van der Waals surface area contributed by atoms with Gasteiger partial charge < -0.3 is 25.0 Å². The Labute approximate surface area is 365 Å². The molecule has 11 nitrogen and oxygen atoms in total. The number of nitrogens with one attached hydrogen (secondary N) is 2. The van der Waals surface area contributed by atoms with E-state index in [0.29, 0.717) is 53.4 Å². The lowest BCUT2D eigenvalue weighted by Gasteiger charge is -2.32. The molecule has 0 aliphatic heterocycles. The van der Waals surface area contributed by atoms with Gasteiger partial charge in [0.05, 0.1) is 30.8 Å². The minimum Gasteiger partial charge on any atom is -0.469 e. The van der Waals surface area contributed by atoms with Crippen LogP contribution in [0.5, 0.6) is 0 Å². The Hall–Kier alpha value is -5.33. The largest absolute Gasteiger partial charge is 0.469 e. The van der Waals surface area contributed by atoms with E-state index in [1.165, 1.54) is 25.6 Å². The fourth-order valence-electron chi connectivity index (χ4n) is 7.86. The van der Waals surface area contributed by atoms with E-state index in [9.17, 15) is 24.0 Å². The second-order valence-electron chi connectivity index (χ2n) is 16.5. The Kier molecular flexibility index (Phi) is 16.8. The summed E-state index contributed by atoms with van der Waals surface area (Å²) in [6.45, 7) is 9.70. The van der Waals surface area contributed by atoms with Crippen molar-refractivity contribution in [3.63, 3.8) is 0 Å². The van der Waals surface area contributed by atoms with Gasteiger partial charge in [-0.25, -0.2) is 4.79 Å². The number of ether oxygens (including phenoxy) is 2. The van der Waals surface area contributed by atoms with E-state index in [-0.39, 0.29) is 42.1 Å². The number of aryl methyl sites for hydroxylation is 3. The van der Waals surface area contributed by atoms with Crippen molar-refractivity contribution in [3.8, 4) is 0 Å². The zero-order chi connectivity index (χ0) is 44.1. The molecule has 2 N–H and O–H groups in total. The highest BCUT2D eigenvalue weighted by molar-refractivity contribution is 7.17. The Bertz CT molecular complexity index is 2140. The average molecular weight is 851 g/mol. The molecule has 326 valence electrons. The molecule has 0 saturated heterocycles. The van der Waals surface area contributed by atoms with Crippen LogP contribution in [0.2, 0.25) is 0 Å². The van der Waals surface area contributed by atoms with Crippen molar-refractivity contribution in [3.05, 3.63) is 117 Å². The third-order valence-electron chi connectivity index (χ3n) is 11.8. The molecule has 5 rings (SSSR count). The van der Waals surface area contributed by atoms with Gasteiger partial charge in [0.15, 0.2) is 0 Å². The Balaban J connectivity index is 1.23. The van der Waals surface area contributed by atoms with Crippen molar-refractivity contribution in [1.82, 2.24) is 9.80 Å². The third-order valence-corrected chi connectivity index (χ3v) is 13.0. The molecular weight excluding hydrogens is 789 g/mol. The van der Waals surface area contributed by atoms with Crippen molar-refractivity contribution in [1.29, 1.82) is 0 Å². The minimum absolute atomic E-state index is 0.0182. The van der Waals surface area contributed by atoms with Gasteiger partial charge in [-0.3, -0.25) is 24.1 Å². The normalized spacial score (nSPS) is 12.5. The number of fused-ring (bicyclic) bond motifs is 1. The number of rotatable bonds is 20. The van der Waals surface area contributed by atoms with Gasteiger partial charge in [0.25, 0.3) is 11.8 Å². The lowest BCUT2D eigenvalue weighted by Crippen LogP contribution is -2.41. The number of hydrogen-bond donors (Lipinski definition) is 2. The molecule has 1 aliphatic rings. The molecule has 3 amide bonds. The maximum absolute atomic E-state index is 14.0. The molecule has 1 aromatic heterocycles. The van der Waals surface area contributed by atoms with Crippen LogP contribution in [0.25, 0.3) is 0 Å². The summed E-state index contributed by atoms with van der Waals surface area (Å²) in [4.78, 5) is 70.1. The molecule has 61 heavy (non-hydrogen) atoms. The number of carbonyl (C=O) groups excluding carboxylic acids is 5. The molecule has 0 saturated carbocycles. The Morgan fingerprint density at radius 2 is 1.43 bits per heavy atom. The van der Waals surface area contributed by atoms with Crippen LogP contribution in [0.4, 0.5) is 10.7 Å². The van der Waals surface area contributed by atoms with Gasteiger partial charge in [-0.1, -0.05) is 50.2 Å². The topological polar surface area (TPSA) is 134 Å². The van der Waals surface area contributed by atoms with Gasteiger partial charge in [0.2, 0.25) is 5.91 Å². The Morgan fingerprint density at radius 3 is 2.07 bits per heavy atom. The Morgan fingerprint density at radius 1 is 0.770 bits per heavy atom. The molecule has 3 aromatic carbocycles. The van der Waals surface area contributed by atoms with Crippen LogP contribution in [0, 0.1) is 5.41 Å². The van der Waals surface area contributed by atoms with Crippen molar-refractivity contribution >= 4 is 51.7 Å². The van der Waals surface area contributed by atoms with Crippen molar-refractivity contribution in [2.75, 3.05) is 45.0 Å². The number of anilines is 2. The summed E-state index contributed by atoms with van der Waals surface area (Å²) < 4.78 is 9.70. The number of benzene rings is 3. The minimum atomic E-state index is -0.735. The number of likely N-dealkylation sites (N-methyl/N-ethyl adjacent to an activating group) is 1. The maximum atomic E-state index is 14.0. The number of amides is 3. The van der Waals surface area contributed by atoms with E-state index in [1.54, 1.807) is 44.0 Å². The summed E-state index contributed by atoms with van der Waals surface area (Å²) in [7, 11) is 4.54. The standard InChI is InChI=1S/C49H62N4O7S/c1-8-39(9-2)53(30-29-52(5)42(54)27-28-49(3,4)48(58)60-7)32-35-13-12-14-37(31-35)44(55)51-46-43(40-15-10-11-16-41(40)61-46)45(56)50-38-25-21-34(22-26-38)18-17-33-19-23-36(24-20-33)47(57)59-6/h12-14,19-26,31,39H,8-11,15-18,27-30,32H2,1-7H3,(H,50,56)(H,51,55). The van der Waals surface area contributed by atoms with Crippen LogP contribution in [-0.2, 0) is 51.3 Å². The second-order valence-corrected chi connectivity index (χ2v) is 17.6. The van der Waals surface area contributed by atoms with E-state index in [4.69, 9.17) is 9.47 Å². The summed E-state index contributed by atoms with van der Waals surface area (Å²) >= 11 is 1.50. The predicted octanol–water partition coefficient (Wildman–Crippen LogP) is 9.13. The van der Waals surface area contributed by atoms with Crippen LogP contribution in [0.15, 0.2) is 72.8 Å². The molecule has 0 unspecified atom stereocenters. The molecule has 0 spiro atoms. The highest BCUT2D eigenvalue weighted by Crippen LogP contribution is 2.39. The van der Waals surface area contributed by atoms with Crippen molar-refractivity contribution < 1.29 is 33.4 Å². The van der Waals surface area contributed by atoms with E-state index >= 15 is 0 Å². The molecule has 0 radical (unpaired) electrons. The number of thiophene rings is 1. The lowest BCUT2D eigenvalue weighted by atomic mass is 9.88. The van der Waals surface area contributed by atoms with Crippen LogP contribution >= 0.6 is 11.3 Å². The lowest BCUT2D eigenvalue weighted by molar-refractivity contribution is -0.151. The van der Waals surface area contributed by atoms with Crippen LogP contribution in [-0.4, -0.2) is 79.9 Å². The quantitative estimate of drug-likeness (QED) is 0.0842. The van der Waals surface area contributed by atoms with E-state index in [0.717, 1.165) is 78.5 Å². The first-order valence-corrected chi connectivity index (χ1v) is 22.3. The summed E-state index contributed by atoms with van der Waals surface area (Å²) in [5.74, 6) is -1.21. The van der Waals surface area contributed by atoms with Gasteiger partial charge in [-0.15, -0.1) is 11.3 Å². The molecule has 0 atom stereocenters. The van der Waals surface area contributed by atoms with Crippen LogP contribution in [0.3, 0.4) is 0 Å². The first kappa shape index (κ1) is 46.7. The van der Waals surface area contributed by atoms with Gasteiger partial charge in [0, 0.05) is 55.3 Å². The number of carbonyl (C=O) groups is 5. The van der Waals surface area contributed by atoms with Gasteiger partial charge in [-0.05, 0) is 130 Å². The molecule has 0 bridgehead atoms. The average Bonchev–Trinajstić information content (AvgIpc) is 3.64. The number of hydrogen-bond acceptors (Lipinski definition) is 9. The zero-order valence-corrected chi connectivity index (χ0v) is 37.7. The van der Waals surface area contributed by atoms with Crippen LogP contribution in [0.1, 0.15) is 124 Å². The number of methoxy groups -OCH3 is 2. The highest BCUT2D eigenvalue weighted by Gasteiger charge is 2.30. The summed E-state index contributed by atoms with van der Waals surface area (Å²) in [5.41, 5.74) is 5.75. The second kappa shape index (κ2) is 22.0. The van der Waals surface area contributed by atoms with Crippen molar-refractivity contribution in [2.24, 2.45) is 5.41 Å². The van der Waals surface area contributed by atoms with Gasteiger partial charge in [0.1, 0.15) is 5.00 Å². The molecule has 12 heteroatoms. The smallest absolute Gasteiger partial charge is 0.337 e. The first-order chi connectivity index (χ1) is 29.3. The number of esters is 2. The highest BCUT2D eigenvalue weighted by atomic mass is 32.1. The third kappa shape index (κ3) is 12.6. The van der Waals surface area contributed by atoms with E-state index in [1.807, 2.05) is 54.6 Å². The molecule has 4 aromatic rings. The molecule has 1 aliphatic carbocycles. The van der Waals surface area contributed by atoms with Crippen molar-refractivity contribution in [2.45, 2.75) is 104 Å². The summed E-state index contributed by atoms with van der Waals surface area (Å²) in [6.07, 6.45) is 7.85. The van der Waals surface area contributed by atoms with Crippen LogP contribution < -0.4 is 10.6 Å². The van der Waals surface area contributed by atoms with Gasteiger partial charge in [-0.2, -0.15) is 0 Å². The van der Waals surface area contributed by atoms with E-state index in [2.05, 4.69) is 29.4 Å². The number of nitrogens with zero attached hydrogens (tertiary/aromatic N) is 2. The predicted molar refractivity (Wildman–Crippen MR) is 242 cm³/mol. The summed E-state index contributed by atoms with van der Waals surface area (Å²) in [5, 5.41) is 6.78. The molecular formula is C49H62N4O7S. The molecule has 0 fully saturated rings. The zero-order valence-electron chi connectivity index (χ0n) is 36.9. The fraction of sp³-hybridized carbons (Fsp3) is 0.449. The summed E-state index contributed by atoms with van der Waals surface area (Å²) in [6, 6.07) is 23.2. The monoisotopic (exact) mass is 850 g/mol. The first-order valence-electron chi connectivity index (χ1n) is 21.5. The molecule has 1 heterocycles. The SMILES string of the molecule is CCC(CC)N(CCN(C)C(=O)CCC(C)(C)C(=O)OC)Cc1cccc(C(=O)Nc2sc3c(c2C(=O)Nc2ccc(CCc4ccc(C(=O)OC)cc4)cc2)CCCC3)c1. The maximum Gasteiger partial charge on any atom is 0.337 e. The van der Waals surface area contributed by atoms with E-state index < -0.39 is 5.41 Å². The van der Waals surface area contributed by atoms with Gasteiger partial charge >= 0.3 is 11.9 Å². The fourth-order valence-corrected chi connectivity index (χ4v) is 9.15.